The van der Waals surface area contributed by atoms with Crippen LogP contribution in [0.5, 0.6) is 11.5 Å². The van der Waals surface area contributed by atoms with Crippen LogP contribution in [0.3, 0.4) is 0 Å². The Labute approximate surface area is 156 Å². The van der Waals surface area contributed by atoms with E-state index in [9.17, 15) is 14.9 Å². The van der Waals surface area contributed by atoms with Crippen molar-refractivity contribution in [2.24, 2.45) is 0 Å². The molecule has 0 aliphatic rings. The van der Waals surface area contributed by atoms with Crippen LogP contribution >= 0.6 is 11.6 Å². The molecule has 0 saturated carbocycles. The number of hydrogen-bond acceptors (Lipinski definition) is 5. The lowest BCUT2D eigenvalue weighted by Gasteiger charge is -2.13. The van der Waals surface area contributed by atoms with E-state index in [1.807, 2.05) is 6.92 Å². The minimum atomic E-state index is -0.500. The van der Waals surface area contributed by atoms with E-state index >= 15 is 0 Å². The van der Waals surface area contributed by atoms with E-state index in [4.69, 9.17) is 21.1 Å². The van der Waals surface area contributed by atoms with Gasteiger partial charge in [0.25, 0.3) is 5.69 Å². The SMILES string of the molecule is CCOc1c(Cl)cc(CNC(=O)Cc2ccccc2[N+](=O)[O-])cc1OC. The van der Waals surface area contributed by atoms with Gasteiger partial charge in [-0.25, -0.2) is 0 Å². The predicted octanol–water partition coefficient (Wildman–Crippen LogP) is 3.51. The molecule has 0 bridgehead atoms. The summed E-state index contributed by atoms with van der Waals surface area (Å²) in [6, 6.07) is 9.57. The van der Waals surface area contributed by atoms with Gasteiger partial charge in [0.2, 0.25) is 5.91 Å². The standard InChI is InChI=1S/C18H19ClN2O5/c1-3-26-18-14(19)8-12(9-16(18)25-2)11-20-17(22)10-13-6-4-5-7-15(13)21(23)24/h4-9H,3,10-11H2,1-2H3,(H,20,22). The van der Waals surface area contributed by atoms with Gasteiger partial charge in [-0.2, -0.15) is 0 Å². The second-order valence-corrected chi connectivity index (χ2v) is 5.79. The maximum atomic E-state index is 12.1. The van der Waals surface area contributed by atoms with E-state index in [2.05, 4.69) is 5.32 Å². The highest BCUT2D eigenvalue weighted by molar-refractivity contribution is 6.32. The molecular weight excluding hydrogens is 360 g/mol. The number of carbonyl (C=O) groups excluding carboxylic acids is 1. The van der Waals surface area contributed by atoms with Crippen molar-refractivity contribution in [2.45, 2.75) is 19.9 Å². The second kappa shape index (κ2) is 9.05. The molecule has 2 aromatic carbocycles. The summed E-state index contributed by atoms with van der Waals surface area (Å²) in [6.45, 7) is 2.50. The van der Waals surface area contributed by atoms with Crippen LogP contribution in [0.4, 0.5) is 5.69 Å². The van der Waals surface area contributed by atoms with Gasteiger partial charge in [-0.1, -0.05) is 29.8 Å². The Hall–Kier alpha value is -2.80. The van der Waals surface area contributed by atoms with Crippen LogP contribution in [0.15, 0.2) is 36.4 Å². The quantitative estimate of drug-likeness (QED) is 0.560. The molecule has 0 heterocycles. The predicted molar refractivity (Wildman–Crippen MR) is 97.8 cm³/mol. The first-order valence-corrected chi connectivity index (χ1v) is 8.32. The summed E-state index contributed by atoms with van der Waals surface area (Å²) in [5.41, 5.74) is 1.01. The molecule has 138 valence electrons. The molecular formula is C18H19ClN2O5. The third kappa shape index (κ3) is 4.86. The van der Waals surface area contributed by atoms with Gasteiger partial charge < -0.3 is 14.8 Å². The highest BCUT2D eigenvalue weighted by Crippen LogP contribution is 2.36. The van der Waals surface area contributed by atoms with Crippen LogP contribution in [0.2, 0.25) is 5.02 Å². The molecule has 0 atom stereocenters. The summed E-state index contributed by atoms with van der Waals surface area (Å²) in [5, 5.41) is 14.1. The monoisotopic (exact) mass is 378 g/mol. The molecule has 0 spiro atoms. The van der Waals surface area contributed by atoms with E-state index in [-0.39, 0.29) is 24.6 Å². The number of nitrogens with one attached hydrogen (secondary N) is 1. The Morgan fingerprint density at radius 3 is 2.69 bits per heavy atom. The first-order chi connectivity index (χ1) is 12.5. The molecule has 1 amide bonds. The Morgan fingerprint density at radius 2 is 2.04 bits per heavy atom. The van der Waals surface area contributed by atoms with Crippen LogP contribution < -0.4 is 14.8 Å². The van der Waals surface area contributed by atoms with Gasteiger partial charge in [-0.3, -0.25) is 14.9 Å². The van der Waals surface area contributed by atoms with Gasteiger partial charge in [-0.15, -0.1) is 0 Å². The maximum absolute atomic E-state index is 12.1. The van der Waals surface area contributed by atoms with Crippen molar-refractivity contribution >= 4 is 23.2 Å². The zero-order chi connectivity index (χ0) is 19.1. The fraction of sp³-hybridized carbons (Fsp3) is 0.278. The van der Waals surface area contributed by atoms with Crippen molar-refractivity contribution < 1.29 is 19.2 Å². The molecule has 0 fully saturated rings. The van der Waals surface area contributed by atoms with Gasteiger partial charge in [-0.05, 0) is 24.6 Å². The highest BCUT2D eigenvalue weighted by Gasteiger charge is 2.16. The summed E-state index contributed by atoms with van der Waals surface area (Å²) < 4.78 is 10.7. The molecule has 0 aliphatic carbocycles. The zero-order valence-electron chi connectivity index (χ0n) is 14.5. The lowest BCUT2D eigenvalue weighted by atomic mass is 10.1. The number of halogens is 1. The van der Waals surface area contributed by atoms with Crippen molar-refractivity contribution in [2.75, 3.05) is 13.7 Å². The minimum Gasteiger partial charge on any atom is -0.493 e. The maximum Gasteiger partial charge on any atom is 0.273 e. The molecule has 0 radical (unpaired) electrons. The van der Waals surface area contributed by atoms with Crippen LogP contribution in [0.1, 0.15) is 18.1 Å². The molecule has 7 nitrogen and oxygen atoms in total. The third-order valence-electron chi connectivity index (χ3n) is 3.61. The Balaban J connectivity index is 2.06. The topological polar surface area (TPSA) is 90.7 Å². The molecule has 1 N–H and O–H groups in total. The number of benzene rings is 2. The fourth-order valence-corrected chi connectivity index (χ4v) is 2.72. The first-order valence-electron chi connectivity index (χ1n) is 7.94. The van der Waals surface area contributed by atoms with Gasteiger partial charge >= 0.3 is 0 Å². The van der Waals surface area contributed by atoms with Gasteiger partial charge in [0.05, 0.1) is 30.1 Å². The summed E-state index contributed by atoms with van der Waals surface area (Å²) >= 11 is 6.20. The Bertz CT molecular complexity index is 810. The second-order valence-electron chi connectivity index (χ2n) is 5.38. The third-order valence-corrected chi connectivity index (χ3v) is 3.89. The summed E-state index contributed by atoms with van der Waals surface area (Å²) in [7, 11) is 1.51. The van der Waals surface area contributed by atoms with Gasteiger partial charge in [0.15, 0.2) is 11.5 Å². The average Bonchev–Trinajstić information content (AvgIpc) is 2.62. The highest BCUT2D eigenvalue weighted by atomic mass is 35.5. The molecule has 2 aromatic rings. The summed E-state index contributed by atoms with van der Waals surface area (Å²) in [6.07, 6.45) is -0.0843. The smallest absolute Gasteiger partial charge is 0.273 e. The minimum absolute atomic E-state index is 0.0755. The summed E-state index contributed by atoms with van der Waals surface area (Å²) in [4.78, 5) is 22.7. The number of nitro groups is 1. The number of methoxy groups -OCH3 is 1. The molecule has 0 aliphatic heterocycles. The average molecular weight is 379 g/mol. The van der Waals surface area contributed by atoms with Crippen molar-refractivity contribution in [1.82, 2.24) is 5.32 Å². The van der Waals surface area contributed by atoms with Crippen molar-refractivity contribution in [3.8, 4) is 11.5 Å². The Morgan fingerprint density at radius 1 is 1.31 bits per heavy atom. The van der Waals surface area contributed by atoms with Crippen LogP contribution in [-0.4, -0.2) is 24.5 Å². The molecule has 0 unspecified atom stereocenters. The van der Waals surface area contributed by atoms with Crippen molar-refractivity contribution in [1.29, 1.82) is 0 Å². The number of rotatable bonds is 8. The molecule has 0 saturated heterocycles. The largest absolute Gasteiger partial charge is 0.493 e. The van der Waals surface area contributed by atoms with E-state index < -0.39 is 4.92 Å². The lowest BCUT2D eigenvalue weighted by molar-refractivity contribution is -0.385. The number of para-hydroxylation sites is 1. The van der Waals surface area contributed by atoms with Crippen molar-refractivity contribution in [3.63, 3.8) is 0 Å². The van der Waals surface area contributed by atoms with Crippen LogP contribution in [-0.2, 0) is 17.8 Å². The van der Waals surface area contributed by atoms with Crippen molar-refractivity contribution in [3.05, 3.63) is 62.7 Å². The van der Waals surface area contributed by atoms with Gasteiger partial charge in [0.1, 0.15) is 0 Å². The van der Waals surface area contributed by atoms with E-state index in [0.29, 0.717) is 28.7 Å². The number of hydrogen-bond donors (Lipinski definition) is 1. The van der Waals surface area contributed by atoms with E-state index in [1.54, 1.807) is 30.3 Å². The lowest BCUT2D eigenvalue weighted by Crippen LogP contribution is -2.24. The fourth-order valence-electron chi connectivity index (χ4n) is 2.43. The molecule has 8 heteroatoms. The number of carbonyl (C=O) groups is 1. The molecule has 0 aromatic heterocycles. The van der Waals surface area contributed by atoms with Crippen LogP contribution in [0, 0.1) is 10.1 Å². The first kappa shape index (κ1) is 19.5. The number of nitro benzene ring substituents is 1. The summed E-state index contributed by atoms with van der Waals surface area (Å²) in [5.74, 6) is 0.595. The van der Waals surface area contributed by atoms with E-state index in [0.717, 1.165) is 5.56 Å². The van der Waals surface area contributed by atoms with Crippen LogP contribution in [0.25, 0.3) is 0 Å². The Kier molecular flexibility index (Phi) is 6.80. The van der Waals surface area contributed by atoms with Gasteiger partial charge in [0, 0.05) is 18.2 Å². The molecule has 26 heavy (non-hydrogen) atoms. The number of nitrogens with zero attached hydrogens (tertiary/aromatic N) is 1. The number of amides is 1. The zero-order valence-corrected chi connectivity index (χ0v) is 15.2. The number of ether oxygens (including phenoxy) is 2. The van der Waals surface area contributed by atoms with E-state index in [1.165, 1.54) is 13.2 Å². The molecule has 2 rings (SSSR count). The normalized spacial score (nSPS) is 10.3.